The highest BCUT2D eigenvalue weighted by atomic mass is 31.2. The molecule has 0 heterocycles. The van der Waals surface area contributed by atoms with Crippen molar-refractivity contribution in [2.45, 2.75) is 483 Å². The zero-order valence-electron chi connectivity index (χ0n) is 68.9. The Labute approximate surface area is 645 Å². The van der Waals surface area contributed by atoms with Crippen LogP contribution in [0.25, 0.3) is 0 Å². The summed E-state index contributed by atoms with van der Waals surface area (Å²) in [5.41, 5.74) is 0. The zero-order valence-corrected chi connectivity index (χ0v) is 70.7. The van der Waals surface area contributed by atoms with Crippen LogP contribution in [0.15, 0.2) is 0 Å². The first-order chi connectivity index (χ1) is 51.0. The Morgan fingerprint density at radius 2 is 0.438 bits per heavy atom. The van der Waals surface area contributed by atoms with Gasteiger partial charge in [0, 0.05) is 25.7 Å². The molecule has 0 aromatic rings. The summed E-state index contributed by atoms with van der Waals surface area (Å²) in [6.45, 7) is 7.33. The van der Waals surface area contributed by atoms with Crippen LogP contribution >= 0.6 is 15.6 Å². The highest BCUT2D eigenvalue weighted by Gasteiger charge is 2.30. The fraction of sp³-hybridized carbons (Fsp3) is 0.953. The van der Waals surface area contributed by atoms with Gasteiger partial charge in [-0.3, -0.25) is 37.3 Å². The summed E-state index contributed by atoms with van der Waals surface area (Å²) in [4.78, 5) is 73.2. The first kappa shape index (κ1) is 103. The maximum absolute atomic E-state index is 13.1. The predicted octanol–water partition coefficient (Wildman–Crippen LogP) is 26.4. The molecule has 0 aliphatic rings. The number of esters is 4. The molecule has 19 heteroatoms. The van der Waals surface area contributed by atoms with E-state index in [1.54, 1.807) is 0 Å². The molecule has 105 heavy (non-hydrogen) atoms. The highest BCUT2D eigenvalue weighted by molar-refractivity contribution is 7.47. The van der Waals surface area contributed by atoms with Crippen molar-refractivity contribution in [2.75, 3.05) is 39.6 Å². The average Bonchev–Trinajstić information content (AvgIpc) is 0.994. The molecule has 2 unspecified atom stereocenters. The van der Waals surface area contributed by atoms with Gasteiger partial charge in [0.25, 0.3) is 0 Å². The number of unbranched alkanes of at least 4 members (excludes halogenated alkanes) is 58. The predicted molar refractivity (Wildman–Crippen MR) is 432 cm³/mol. The second-order valence-corrected chi connectivity index (χ2v) is 34.3. The minimum absolute atomic E-state index is 0.106. The van der Waals surface area contributed by atoms with Crippen molar-refractivity contribution in [3.63, 3.8) is 0 Å². The second-order valence-electron chi connectivity index (χ2n) is 31.4. The zero-order chi connectivity index (χ0) is 76.9. The first-order valence-corrected chi connectivity index (χ1v) is 47.6. The van der Waals surface area contributed by atoms with E-state index in [1.165, 1.54) is 289 Å². The van der Waals surface area contributed by atoms with Crippen LogP contribution in [0.3, 0.4) is 0 Å². The minimum Gasteiger partial charge on any atom is -0.462 e. The monoisotopic (exact) mass is 1540 g/mol. The van der Waals surface area contributed by atoms with Gasteiger partial charge in [0.1, 0.15) is 19.3 Å². The van der Waals surface area contributed by atoms with E-state index in [9.17, 15) is 43.2 Å². The molecule has 624 valence electrons. The molecule has 0 spiro atoms. The number of hydrogen-bond acceptors (Lipinski definition) is 15. The largest absolute Gasteiger partial charge is 0.472 e. The van der Waals surface area contributed by atoms with Crippen molar-refractivity contribution >= 4 is 39.5 Å². The van der Waals surface area contributed by atoms with Gasteiger partial charge in [0.05, 0.1) is 26.4 Å². The molecule has 0 amide bonds. The molecule has 5 atom stereocenters. The SMILES string of the molecule is CCCCCCCCCCCCCCCCCCCCCCCC(=O)OC[C@H](COP(=O)(O)OC[C@@H](O)COP(=O)(O)OC[C@@H](COC(=O)CCCCCCCCCCCCC)OC(=O)CCCCCCCCCCCC(C)C)OC(=O)CCCCCCCCCCCCCCCCCCCCCCC. The third-order valence-corrected chi connectivity index (χ3v) is 22.2. The summed E-state index contributed by atoms with van der Waals surface area (Å²) in [5, 5.41) is 10.7. The van der Waals surface area contributed by atoms with E-state index >= 15 is 0 Å². The Balaban J connectivity index is 5.20. The summed E-state index contributed by atoms with van der Waals surface area (Å²) >= 11 is 0. The van der Waals surface area contributed by atoms with Crippen LogP contribution in [0, 0.1) is 5.92 Å². The van der Waals surface area contributed by atoms with Gasteiger partial charge >= 0.3 is 39.5 Å². The van der Waals surface area contributed by atoms with Gasteiger partial charge in [-0.25, -0.2) is 9.13 Å². The molecule has 0 saturated heterocycles. The lowest BCUT2D eigenvalue weighted by Crippen LogP contribution is -2.30. The molecule has 0 fully saturated rings. The lowest BCUT2D eigenvalue weighted by Gasteiger charge is -2.21. The van der Waals surface area contributed by atoms with Crippen molar-refractivity contribution in [3.8, 4) is 0 Å². The molecule has 0 aromatic heterocycles. The molecule has 17 nitrogen and oxygen atoms in total. The van der Waals surface area contributed by atoms with Crippen molar-refractivity contribution in [3.05, 3.63) is 0 Å². The summed E-state index contributed by atoms with van der Waals surface area (Å²) in [7, 11) is -9.92. The van der Waals surface area contributed by atoms with E-state index in [1.807, 2.05) is 0 Å². The summed E-state index contributed by atoms with van der Waals surface area (Å²) < 4.78 is 68.8. The third-order valence-electron chi connectivity index (χ3n) is 20.3. The lowest BCUT2D eigenvalue weighted by molar-refractivity contribution is -0.161. The van der Waals surface area contributed by atoms with Gasteiger partial charge < -0.3 is 33.8 Å². The van der Waals surface area contributed by atoms with Gasteiger partial charge in [0.15, 0.2) is 12.2 Å². The van der Waals surface area contributed by atoms with E-state index in [2.05, 4.69) is 34.6 Å². The molecule has 0 aliphatic carbocycles. The fourth-order valence-electron chi connectivity index (χ4n) is 13.5. The molecule has 0 aromatic carbocycles. The Morgan fingerprint density at radius 1 is 0.257 bits per heavy atom. The number of rotatable bonds is 86. The van der Waals surface area contributed by atoms with Crippen LogP contribution < -0.4 is 0 Å². The molecule has 0 radical (unpaired) electrons. The molecule has 0 aliphatic heterocycles. The Bertz CT molecular complexity index is 2000. The number of aliphatic hydroxyl groups is 1. The topological polar surface area (TPSA) is 237 Å². The number of phosphoric acid groups is 2. The normalized spacial score (nSPS) is 13.8. The van der Waals surface area contributed by atoms with Crippen molar-refractivity contribution in [2.24, 2.45) is 5.92 Å². The molecular formula is C86H168O17P2. The van der Waals surface area contributed by atoms with Gasteiger partial charge in [-0.1, -0.05) is 413 Å². The first-order valence-electron chi connectivity index (χ1n) is 44.6. The van der Waals surface area contributed by atoms with Crippen LogP contribution in [0.4, 0.5) is 0 Å². The van der Waals surface area contributed by atoms with Crippen LogP contribution in [0.2, 0.25) is 0 Å². The highest BCUT2D eigenvalue weighted by Crippen LogP contribution is 2.45. The molecule has 0 rings (SSSR count). The summed E-state index contributed by atoms with van der Waals surface area (Å²) in [5.74, 6) is -1.37. The fourth-order valence-corrected chi connectivity index (χ4v) is 15.1. The Morgan fingerprint density at radius 3 is 0.648 bits per heavy atom. The van der Waals surface area contributed by atoms with Crippen LogP contribution in [-0.2, 0) is 65.4 Å². The van der Waals surface area contributed by atoms with Gasteiger partial charge in [0.2, 0.25) is 0 Å². The number of carbonyl (C=O) groups is 4. The Kier molecular flexibility index (Phi) is 77.3. The van der Waals surface area contributed by atoms with E-state index in [-0.39, 0.29) is 25.7 Å². The Hall–Kier alpha value is -1.94. The van der Waals surface area contributed by atoms with E-state index in [0.717, 1.165) is 95.8 Å². The third kappa shape index (κ3) is 79.9. The number of aliphatic hydroxyl groups excluding tert-OH is 1. The molecule has 0 saturated carbocycles. The van der Waals surface area contributed by atoms with E-state index in [0.29, 0.717) is 25.7 Å². The number of hydrogen-bond donors (Lipinski definition) is 3. The van der Waals surface area contributed by atoms with Gasteiger partial charge in [-0.15, -0.1) is 0 Å². The quantitative estimate of drug-likeness (QED) is 0.0222. The number of carbonyl (C=O) groups excluding carboxylic acids is 4. The number of phosphoric ester groups is 2. The number of ether oxygens (including phenoxy) is 4. The average molecular weight is 1540 g/mol. The van der Waals surface area contributed by atoms with Gasteiger partial charge in [-0.2, -0.15) is 0 Å². The maximum Gasteiger partial charge on any atom is 0.472 e. The van der Waals surface area contributed by atoms with Crippen LogP contribution in [-0.4, -0.2) is 96.7 Å². The smallest absolute Gasteiger partial charge is 0.462 e. The maximum atomic E-state index is 13.1. The molecule has 3 N–H and O–H groups in total. The second kappa shape index (κ2) is 78.7. The summed E-state index contributed by atoms with van der Waals surface area (Å²) in [6.07, 6.45) is 72.4. The standard InChI is InChI=1S/C86H168O17P2/c1-6-9-12-15-18-21-24-26-28-30-32-34-36-38-40-42-45-50-55-60-65-70-84(89)97-75-81(102-85(90)71-66-61-56-51-46-43-41-39-37-35-33-31-29-27-25-22-19-16-13-10-7-2)77-100-104(92,93)98-73-80(87)74-99-105(94,95)101-78-82(76-96-83(88)69-64-59-54-49-44-23-20-17-14-11-8-3)103-86(91)72-67-62-57-52-47-48-53-58-63-68-79(4)5/h79-82,87H,6-78H2,1-5H3,(H,92,93)(H,94,95)/t80-,81-,82-/m1/s1. The lowest BCUT2D eigenvalue weighted by atomic mass is 10.0. The van der Waals surface area contributed by atoms with Gasteiger partial charge in [-0.05, 0) is 31.6 Å². The van der Waals surface area contributed by atoms with Crippen molar-refractivity contribution in [1.82, 2.24) is 0 Å². The van der Waals surface area contributed by atoms with Crippen LogP contribution in [0.5, 0.6) is 0 Å². The summed E-state index contributed by atoms with van der Waals surface area (Å²) in [6, 6.07) is 0. The van der Waals surface area contributed by atoms with Crippen LogP contribution in [0.1, 0.15) is 465 Å². The van der Waals surface area contributed by atoms with E-state index < -0.39 is 97.5 Å². The van der Waals surface area contributed by atoms with Crippen molar-refractivity contribution in [1.29, 1.82) is 0 Å². The van der Waals surface area contributed by atoms with Crippen molar-refractivity contribution < 1.29 is 80.2 Å². The molecular weight excluding hydrogens is 1370 g/mol. The van der Waals surface area contributed by atoms with E-state index in [4.69, 9.17) is 37.0 Å². The minimum atomic E-state index is -4.97. The molecule has 0 bridgehead atoms.